The van der Waals surface area contributed by atoms with Gasteiger partial charge in [-0.2, -0.15) is 0 Å². The molecule has 0 aliphatic carbocycles. The lowest BCUT2D eigenvalue weighted by Gasteiger charge is -2.29. The Kier molecular flexibility index (Phi) is 10.1. The number of benzene rings is 1. The Bertz CT molecular complexity index is 661. The second-order valence-corrected chi connectivity index (χ2v) is 9.39. The Balaban J connectivity index is 2.53. The summed E-state index contributed by atoms with van der Waals surface area (Å²) in [6.07, 6.45) is 1.87. The molecular weight excluding hydrogens is 382 g/mol. The van der Waals surface area contributed by atoms with Crippen LogP contribution in [0.3, 0.4) is 0 Å². The molecule has 0 aromatic heterocycles. The van der Waals surface area contributed by atoms with E-state index in [-0.39, 0.29) is 12.6 Å². The van der Waals surface area contributed by atoms with Gasteiger partial charge in [0.2, 0.25) is 0 Å². The average Bonchev–Trinajstić information content (AvgIpc) is 2.66. The molecule has 1 atom stereocenters. The standard InChI is InChI=1S/C24H41NO5/c1-8-29-22(28)23(4,5)11-9-10-12-30-19-13-17(2)21(18(3)14-19)25-15-20(27)24(6,7)16-26/h13-14,20,25-27H,8-12,15-16H2,1-7H3. The van der Waals surface area contributed by atoms with Gasteiger partial charge >= 0.3 is 5.97 Å². The number of aliphatic hydroxyl groups is 2. The van der Waals surface area contributed by atoms with E-state index < -0.39 is 16.9 Å². The predicted molar refractivity (Wildman–Crippen MR) is 121 cm³/mol. The highest BCUT2D eigenvalue weighted by Gasteiger charge is 2.28. The molecular formula is C24H41NO5. The van der Waals surface area contributed by atoms with Gasteiger partial charge in [0.15, 0.2) is 0 Å². The molecule has 0 aliphatic heterocycles. The minimum atomic E-state index is -0.656. The molecule has 6 heteroatoms. The Morgan fingerprint density at radius 1 is 1.13 bits per heavy atom. The van der Waals surface area contributed by atoms with Gasteiger partial charge in [0, 0.05) is 17.6 Å². The number of carbonyl (C=O) groups excluding carboxylic acids is 1. The minimum absolute atomic E-state index is 0.0719. The summed E-state index contributed by atoms with van der Waals surface area (Å²) in [4.78, 5) is 11.9. The van der Waals surface area contributed by atoms with E-state index in [2.05, 4.69) is 5.32 Å². The van der Waals surface area contributed by atoms with Crippen molar-refractivity contribution in [3.05, 3.63) is 23.3 Å². The number of aryl methyl sites for hydroxylation is 2. The van der Waals surface area contributed by atoms with Crippen LogP contribution in [0.4, 0.5) is 5.69 Å². The molecule has 0 aliphatic rings. The van der Waals surface area contributed by atoms with Gasteiger partial charge in [-0.1, -0.05) is 13.8 Å². The van der Waals surface area contributed by atoms with Crippen molar-refractivity contribution < 1.29 is 24.5 Å². The maximum absolute atomic E-state index is 11.9. The van der Waals surface area contributed by atoms with E-state index in [1.165, 1.54) is 0 Å². The normalized spacial score (nSPS) is 13.1. The third-order valence-corrected chi connectivity index (χ3v) is 5.58. The summed E-state index contributed by atoms with van der Waals surface area (Å²) in [5.41, 5.74) is 2.04. The van der Waals surface area contributed by atoms with E-state index in [9.17, 15) is 15.0 Å². The number of nitrogens with one attached hydrogen (secondary N) is 1. The lowest BCUT2D eigenvalue weighted by atomic mass is 9.87. The highest BCUT2D eigenvalue weighted by Crippen LogP contribution is 2.28. The maximum atomic E-state index is 11.9. The molecule has 6 nitrogen and oxygen atoms in total. The largest absolute Gasteiger partial charge is 0.494 e. The number of anilines is 1. The van der Waals surface area contributed by atoms with Crippen LogP contribution in [0.5, 0.6) is 5.75 Å². The van der Waals surface area contributed by atoms with Crippen LogP contribution in [0, 0.1) is 24.7 Å². The molecule has 3 N–H and O–H groups in total. The van der Waals surface area contributed by atoms with Gasteiger partial charge in [0.1, 0.15) is 5.75 Å². The van der Waals surface area contributed by atoms with Crippen LogP contribution in [0.25, 0.3) is 0 Å². The zero-order valence-corrected chi connectivity index (χ0v) is 19.8. The topological polar surface area (TPSA) is 88.0 Å². The molecule has 0 radical (unpaired) electrons. The van der Waals surface area contributed by atoms with Crippen molar-refractivity contribution in [2.75, 3.05) is 31.7 Å². The molecule has 0 heterocycles. The van der Waals surface area contributed by atoms with Crippen LogP contribution >= 0.6 is 0 Å². The summed E-state index contributed by atoms with van der Waals surface area (Å²) in [7, 11) is 0. The van der Waals surface area contributed by atoms with Gasteiger partial charge in [-0.15, -0.1) is 0 Å². The molecule has 0 spiro atoms. The van der Waals surface area contributed by atoms with Crippen LogP contribution in [0.1, 0.15) is 65.0 Å². The van der Waals surface area contributed by atoms with Crippen molar-refractivity contribution in [2.45, 2.75) is 73.8 Å². The van der Waals surface area contributed by atoms with Gasteiger partial charge in [-0.05, 0) is 77.1 Å². The van der Waals surface area contributed by atoms with E-state index in [0.29, 0.717) is 19.8 Å². The molecule has 1 rings (SSSR count). The Morgan fingerprint density at radius 2 is 1.73 bits per heavy atom. The highest BCUT2D eigenvalue weighted by atomic mass is 16.5. The summed E-state index contributed by atoms with van der Waals surface area (Å²) in [5, 5.41) is 23.0. The van der Waals surface area contributed by atoms with E-state index in [1.54, 1.807) is 0 Å². The Hall–Kier alpha value is -1.79. The number of carbonyl (C=O) groups is 1. The molecule has 0 fully saturated rings. The summed E-state index contributed by atoms with van der Waals surface area (Å²) in [6, 6.07) is 3.98. The molecule has 1 unspecified atom stereocenters. The molecule has 1 aromatic rings. The number of esters is 1. The van der Waals surface area contributed by atoms with Crippen molar-refractivity contribution in [1.29, 1.82) is 0 Å². The average molecular weight is 424 g/mol. The first kappa shape index (κ1) is 26.2. The van der Waals surface area contributed by atoms with Gasteiger partial charge in [-0.3, -0.25) is 4.79 Å². The number of rotatable bonds is 13. The monoisotopic (exact) mass is 423 g/mol. The second kappa shape index (κ2) is 11.6. The van der Waals surface area contributed by atoms with Gasteiger partial charge < -0.3 is 25.0 Å². The van der Waals surface area contributed by atoms with Crippen LogP contribution in [-0.4, -0.2) is 48.7 Å². The van der Waals surface area contributed by atoms with Gasteiger partial charge in [-0.25, -0.2) is 0 Å². The summed E-state index contributed by atoms with van der Waals surface area (Å²) >= 11 is 0. The number of hydrogen-bond acceptors (Lipinski definition) is 6. The zero-order chi connectivity index (χ0) is 22.9. The third-order valence-electron chi connectivity index (χ3n) is 5.58. The predicted octanol–water partition coefficient (Wildman–Crippen LogP) is 4.23. The van der Waals surface area contributed by atoms with Crippen LogP contribution < -0.4 is 10.1 Å². The van der Waals surface area contributed by atoms with Gasteiger partial charge in [0.25, 0.3) is 0 Å². The van der Waals surface area contributed by atoms with Crippen LogP contribution in [0.2, 0.25) is 0 Å². The van der Waals surface area contributed by atoms with Crippen molar-refractivity contribution in [3.8, 4) is 5.75 Å². The van der Waals surface area contributed by atoms with E-state index >= 15 is 0 Å². The minimum Gasteiger partial charge on any atom is -0.494 e. The number of hydrogen-bond donors (Lipinski definition) is 3. The van der Waals surface area contributed by atoms with Crippen LogP contribution in [0.15, 0.2) is 12.1 Å². The summed E-state index contributed by atoms with van der Waals surface area (Å²) < 4.78 is 11.0. The maximum Gasteiger partial charge on any atom is 0.311 e. The van der Waals surface area contributed by atoms with E-state index in [0.717, 1.165) is 41.8 Å². The van der Waals surface area contributed by atoms with E-state index in [4.69, 9.17) is 9.47 Å². The number of unbranched alkanes of at least 4 members (excludes halogenated alkanes) is 1. The fourth-order valence-corrected chi connectivity index (χ4v) is 3.15. The van der Waals surface area contributed by atoms with Crippen LogP contribution in [-0.2, 0) is 9.53 Å². The molecule has 172 valence electrons. The number of aliphatic hydroxyl groups excluding tert-OH is 2. The first-order chi connectivity index (χ1) is 13.9. The third kappa shape index (κ3) is 7.80. The fourth-order valence-electron chi connectivity index (χ4n) is 3.15. The molecule has 1 aromatic carbocycles. The zero-order valence-electron chi connectivity index (χ0n) is 19.8. The molecule has 0 saturated carbocycles. The second-order valence-electron chi connectivity index (χ2n) is 9.39. The molecule has 30 heavy (non-hydrogen) atoms. The van der Waals surface area contributed by atoms with Crippen molar-refractivity contribution in [1.82, 2.24) is 0 Å². The van der Waals surface area contributed by atoms with E-state index in [1.807, 2.05) is 60.6 Å². The SMILES string of the molecule is CCOC(=O)C(C)(C)CCCCOc1cc(C)c(NCC(O)C(C)(C)CO)c(C)c1. The van der Waals surface area contributed by atoms with Crippen molar-refractivity contribution >= 4 is 11.7 Å². The lowest BCUT2D eigenvalue weighted by molar-refractivity contribution is -0.153. The van der Waals surface area contributed by atoms with Crippen molar-refractivity contribution in [2.24, 2.45) is 10.8 Å². The Morgan fingerprint density at radius 3 is 2.27 bits per heavy atom. The first-order valence-electron chi connectivity index (χ1n) is 10.9. The molecule has 0 bridgehead atoms. The number of ether oxygens (including phenoxy) is 2. The Labute approximate surface area is 182 Å². The fraction of sp³-hybridized carbons (Fsp3) is 0.708. The van der Waals surface area contributed by atoms with Crippen molar-refractivity contribution in [3.63, 3.8) is 0 Å². The summed E-state index contributed by atoms with van der Waals surface area (Å²) in [6.45, 7) is 14.6. The van der Waals surface area contributed by atoms with Gasteiger partial charge in [0.05, 0.1) is 31.3 Å². The smallest absolute Gasteiger partial charge is 0.311 e. The molecule has 0 saturated heterocycles. The highest BCUT2D eigenvalue weighted by molar-refractivity contribution is 5.75. The quantitative estimate of drug-likeness (QED) is 0.325. The lowest BCUT2D eigenvalue weighted by Crippen LogP contribution is -2.38. The molecule has 0 amide bonds. The first-order valence-corrected chi connectivity index (χ1v) is 10.9. The summed E-state index contributed by atoms with van der Waals surface area (Å²) in [5.74, 6) is 0.671.